The predicted octanol–water partition coefficient (Wildman–Crippen LogP) is 1.20. The van der Waals surface area contributed by atoms with E-state index >= 15 is 0 Å². The Kier molecular flexibility index (Phi) is 4.86. The Labute approximate surface area is 100 Å². The zero-order valence-electron chi connectivity index (χ0n) is 9.27. The summed E-state index contributed by atoms with van der Waals surface area (Å²) in [5.41, 5.74) is 3.60. The standard InChI is InChI=1S/C11H14BClO3/c1-8-3-4-11(10(5-8)12(14)15)16-7-9(2)6-13/h3-6,14-15H,7H2,1-2H3/b9-6-. The van der Waals surface area contributed by atoms with Gasteiger partial charge in [-0.05, 0) is 25.5 Å². The number of hydrogen-bond donors (Lipinski definition) is 2. The molecule has 0 spiro atoms. The Balaban J connectivity index is 2.87. The summed E-state index contributed by atoms with van der Waals surface area (Å²) in [7, 11) is -1.53. The van der Waals surface area contributed by atoms with Crippen LogP contribution in [0.5, 0.6) is 5.75 Å². The average Bonchev–Trinajstić information content (AvgIpc) is 2.26. The van der Waals surface area contributed by atoms with E-state index in [1.54, 1.807) is 12.1 Å². The Morgan fingerprint density at radius 3 is 2.75 bits per heavy atom. The number of ether oxygens (including phenoxy) is 1. The first-order chi connectivity index (χ1) is 7.54. The summed E-state index contributed by atoms with van der Waals surface area (Å²) >= 11 is 5.50. The minimum atomic E-state index is -1.53. The second-order valence-electron chi connectivity index (χ2n) is 3.66. The van der Waals surface area contributed by atoms with Crippen LogP contribution in [0, 0.1) is 6.92 Å². The van der Waals surface area contributed by atoms with E-state index in [1.807, 2.05) is 19.9 Å². The zero-order chi connectivity index (χ0) is 12.1. The van der Waals surface area contributed by atoms with E-state index in [-0.39, 0.29) is 0 Å². The largest absolute Gasteiger partial charge is 0.492 e. The lowest BCUT2D eigenvalue weighted by Crippen LogP contribution is -2.31. The monoisotopic (exact) mass is 240 g/mol. The fraction of sp³-hybridized carbons (Fsp3) is 0.273. The average molecular weight is 240 g/mol. The molecule has 16 heavy (non-hydrogen) atoms. The van der Waals surface area contributed by atoms with Crippen LogP contribution in [0.1, 0.15) is 12.5 Å². The molecule has 0 bridgehead atoms. The molecule has 2 N–H and O–H groups in total. The summed E-state index contributed by atoms with van der Waals surface area (Å²) < 4.78 is 5.43. The van der Waals surface area contributed by atoms with Crippen molar-refractivity contribution in [1.29, 1.82) is 0 Å². The molecule has 0 aliphatic heterocycles. The van der Waals surface area contributed by atoms with Crippen LogP contribution in [0.15, 0.2) is 29.3 Å². The molecule has 0 unspecified atom stereocenters. The fourth-order valence-electron chi connectivity index (χ4n) is 1.22. The van der Waals surface area contributed by atoms with Gasteiger partial charge in [0, 0.05) is 11.0 Å². The molecule has 3 nitrogen and oxygen atoms in total. The zero-order valence-corrected chi connectivity index (χ0v) is 10.0. The second-order valence-corrected chi connectivity index (χ2v) is 3.88. The van der Waals surface area contributed by atoms with E-state index in [9.17, 15) is 10.0 Å². The van der Waals surface area contributed by atoms with Crippen molar-refractivity contribution >= 4 is 24.2 Å². The van der Waals surface area contributed by atoms with Gasteiger partial charge >= 0.3 is 7.12 Å². The van der Waals surface area contributed by atoms with Gasteiger partial charge in [-0.3, -0.25) is 0 Å². The molecule has 0 aromatic heterocycles. The quantitative estimate of drug-likeness (QED) is 0.778. The Hall–Kier alpha value is -0.965. The van der Waals surface area contributed by atoms with Gasteiger partial charge in [0.05, 0.1) is 0 Å². The SMILES string of the molecule is C/C(=C/Cl)COc1ccc(C)cc1B(O)O. The first-order valence-corrected chi connectivity index (χ1v) is 5.33. The molecule has 1 aromatic rings. The fourth-order valence-corrected chi connectivity index (χ4v) is 1.29. The van der Waals surface area contributed by atoms with Crippen LogP contribution in [0.3, 0.4) is 0 Å². The highest BCUT2D eigenvalue weighted by Crippen LogP contribution is 2.11. The molecule has 0 radical (unpaired) electrons. The Morgan fingerprint density at radius 2 is 2.19 bits per heavy atom. The molecule has 5 heteroatoms. The van der Waals surface area contributed by atoms with Gasteiger partial charge in [-0.2, -0.15) is 0 Å². The maximum absolute atomic E-state index is 9.19. The molecule has 0 atom stereocenters. The lowest BCUT2D eigenvalue weighted by Gasteiger charge is -2.11. The van der Waals surface area contributed by atoms with Gasteiger partial charge in [0.25, 0.3) is 0 Å². The summed E-state index contributed by atoms with van der Waals surface area (Å²) in [6, 6.07) is 5.24. The van der Waals surface area contributed by atoms with Crippen molar-refractivity contribution in [2.45, 2.75) is 13.8 Å². The van der Waals surface area contributed by atoms with Gasteiger partial charge < -0.3 is 14.8 Å². The van der Waals surface area contributed by atoms with Crippen molar-refractivity contribution in [3.8, 4) is 5.75 Å². The van der Waals surface area contributed by atoms with Crippen molar-refractivity contribution in [3.63, 3.8) is 0 Å². The van der Waals surface area contributed by atoms with Gasteiger partial charge in [0.15, 0.2) is 0 Å². The first kappa shape index (κ1) is 13.1. The first-order valence-electron chi connectivity index (χ1n) is 4.90. The number of halogens is 1. The van der Waals surface area contributed by atoms with Gasteiger partial charge in [0.1, 0.15) is 12.4 Å². The van der Waals surface area contributed by atoms with Crippen molar-refractivity contribution in [2.75, 3.05) is 6.61 Å². The van der Waals surface area contributed by atoms with Crippen molar-refractivity contribution in [2.24, 2.45) is 0 Å². The van der Waals surface area contributed by atoms with Crippen molar-refractivity contribution in [1.82, 2.24) is 0 Å². The number of rotatable bonds is 4. The van der Waals surface area contributed by atoms with E-state index < -0.39 is 7.12 Å². The van der Waals surface area contributed by atoms with Crippen LogP contribution in [-0.4, -0.2) is 23.8 Å². The minimum Gasteiger partial charge on any atom is -0.490 e. The number of aryl methyl sites for hydroxylation is 1. The van der Waals surface area contributed by atoms with Gasteiger partial charge in [-0.1, -0.05) is 29.3 Å². The summed E-state index contributed by atoms with van der Waals surface area (Å²) in [6.45, 7) is 4.03. The van der Waals surface area contributed by atoms with Crippen LogP contribution in [0.4, 0.5) is 0 Å². The lowest BCUT2D eigenvalue weighted by atomic mass is 9.79. The van der Waals surface area contributed by atoms with Gasteiger partial charge in [-0.15, -0.1) is 0 Å². The van der Waals surface area contributed by atoms with Crippen LogP contribution in [0.25, 0.3) is 0 Å². The molecule has 0 saturated carbocycles. The number of benzene rings is 1. The highest BCUT2D eigenvalue weighted by molar-refractivity contribution is 6.59. The predicted molar refractivity (Wildman–Crippen MR) is 66.1 cm³/mol. The van der Waals surface area contributed by atoms with Gasteiger partial charge in [-0.25, -0.2) is 0 Å². The van der Waals surface area contributed by atoms with Gasteiger partial charge in [0.2, 0.25) is 0 Å². The molecule has 0 heterocycles. The third-order valence-electron chi connectivity index (χ3n) is 2.09. The molecule has 0 aliphatic carbocycles. The maximum Gasteiger partial charge on any atom is 0.492 e. The summed E-state index contributed by atoms with van der Waals surface area (Å²) in [5.74, 6) is 0.457. The van der Waals surface area contributed by atoms with E-state index in [0.29, 0.717) is 17.8 Å². The smallest absolute Gasteiger partial charge is 0.490 e. The summed E-state index contributed by atoms with van der Waals surface area (Å²) in [5, 5.41) is 18.4. The van der Waals surface area contributed by atoms with Crippen LogP contribution in [-0.2, 0) is 0 Å². The Bertz CT molecular complexity index is 391. The minimum absolute atomic E-state index is 0.326. The summed E-state index contributed by atoms with van der Waals surface area (Å²) in [6.07, 6.45) is 0. The molecule has 1 rings (SSSR count). The molecule has 0 amide bonds. The highest BCUT2D eigenvalue weighted by atomic mass is 35.5. The van der Waals surface area contributed by atoms with E-state index in [0.717, 1.165) is 11.1 Å². The topological polar surface area (TPSA) is 49.7 Å². The van der Waals surface area contributed by atoms with Crippen LogP contribution in [0.2, 0.25) is 0 Å². The van der Waals surface area contributed by atoms with Crippen molar-refractivity contribution < 1.29 is 14.8 Å². The van der Waals surface area contributed by atoms with Crippen LogP contribution >= 0.6 is 11.6 Å². The molecular formula is C11H14BClO3. The number of hydrogen-bond acceptors (Lipinski definition) is 3. The molecule has 0 aliphatic rings. The highest BCUT2D eigenvalue weighted by Gasteiger charge is 2.17. The third kappa shape index (κ3) is 3.56. The van der Waals surface area contributed by atoms with Crippen molar-refractivity contribution in [3.05, 3.63) is 34.9 Å². The van der Waals surface area contributed by atoms with E-state index in [4.69, 9.17) is 16.3 Å². The molecule has 86 valence electrons. The molecular weight excluding hydrogens is 226 g/mol. The maximum atomic E-state index is 9.19. The van der Waals surface area contributed by atoms with Crippen LogP contribution < -0.4 is 10.2 Å². The van der Waals surface area contributed by atoms with E-state index in [1.165, 1.54) is 5.54 Å². The second kappa shape index (κ2) is 5.94. The molecule has 0 saturated heterocycles. The normalized spacial score (nSPS) is 11.4. The van der Waals surface area contributed by atoms with E-state index in [2.05, 4.69) is 0 Å². The molecule has 1 aromatic carbocycles. The third-order valence-corrected chi connectivity index (χ3v) is 2.46. The summed E-state index contributed by atoms with van der Waals surface area (Å²) in [4.78, 5) is 0. The Morgan fingerprint density at radius 1 is 1.50 bits per heavy atom. The lowest BCUT2D eigenvalue weighted by molar-refractivity contribution is 0.351. The molecule has 0 fully saturated rings.